The lowest BCUT2D eigenvalue weighted by Crippen LogP contribution is -2.32. The van der Waals surface area contributed by atoms with E-state index in [1.165, 1.54) is 12.3 Å². The maximum absolute atomic E-state index is 13.7. The smallest absolute Gasteiger partial charge is 0.351 e. The first-order valence-corrected chi connectivity index (χ1v) is 4.84. The zero-order chi connectivity index (χ0) is 11.7. The van der Waals surface area contributed by atoms with Gasteiger partial charge in [-0.2, -0.15) is 4.98 Å². The third-order valence-electron chi connectivity index (χ3n) is 2.56. The van der Waals surface area contributed by atoms with Gasteiger partial charge in [0.1, 0.15) is 5.82 Å². The summed E-state index contributed by atoms with van der Waals surface area (Å²) in [6.45, 7) is -0.228. The zero-order valence-corrected chi connectivity index (χ0v) is 8.41. The predicted molar refractivity (Wildman–Crippen MR) is 53.4 cm³/mol. The summed E-state index contributed by atoms with van der Waals surface area (Å²) in [6.07, 6.45) is -1.12. The molecule has 0 aliphatic carbocycles. The van der Waals surface area contributed by atoms with Gasteiger partial charge in [-0.15, -0.1) is 0 Å². The van der Waals surface area contributed by atoms with Gasteiger partial charge in [0.05, 0.1) is 13.2 Å². The van der Waals surface area contributed by atoms with Crippen LogP contribution in [0.2, 0.25) is 0 Å². The minimum absolute atomic E-state index is 0.0772. The van der Waals surface area contributed by atoms with Crippen molar-refractivity contribution in [1.82, 2.24) is 9.55 Å². The second-order valence-corrected chi connectivity index (χ2v) is 3.65. The zero-order valence-electron chi connectivity index (χ0n) is 8.41. The maximum atomic E-state index is 13.7. The number of nitrogen functional groups attached to an aromatic ring is 1. The number of aliphatic hydroxyl groups excluding tert-OH is 1. The van der Waals surface area contributed by atoms with Crippen molar-refractivity contribution in [3.8, 4) is 0 Å². The van der Waals surface area contributed by atoms with E-state index in [0.29, 0.717) is 0 Å². The van der Waals surface area contributed by atoms with Crippen LogP contribution < -0.4 is 11.4 Å². The molecule has 1 aliphatic rings. The summed E-state index contributed by atoms with van der Waals surface area (Å²) in [5.41, 5.74) is 4.65. The van der Waals surface area contributed by atoms with Gasteiger partial charge >= 0.3 is 5.69 Å². The van der Waals surface area contributed by atoms with Crippen LogP contribution in [0.25, 0.3) is 0 Å². The monoisotopic (exact) mass is 229 g/mol. The molecule has 0 unspecified atom stereocenters. The molecular weight excluding hydrogens is 217 g/mol. The van der Waals surface area contributed by atoms with Crippen LogP contribution in [0.3, 0.4) is 0 Å². The summed E-state index contributed by atoms with van der Waals surface area (Å²) in [5, 5.41) is 8.87. The molecule has 0 spiro atoms. The average Bonchev–Trinajstić information content (AvgIpc) is 2.60. The molecule has 6 nitrogen and oxygen atoms in total. The maximum Gasteiger partial charge on any atom is 0.351 e. The lowest BCUT2D eigenvalue weighted by Gasteiger charge is -2.16. The van der Waals surface area contributed by atoms with Gasteiger partial charge in [-0.25, -0.2) is 9.18 Å². The highest BCUT2D eigenvalue weighted by Crippen LogP contribution is 2.29. The highest BCUT2D eigenvalue weighted by molar-refractivity contribution is 5.23. The van der Waals surface area contributed by atoms with Crippen molar-refractivity contribution in [2.45, 2.75) is 12.4 Å². The fourth-order valence-corrected chi connectivity index (χ4v) is 1.65. The molecule has 1 aromatic rings. The number of ether oxygens (including phenoxy) is 1. The second-order valence-electron chi connectivity index (χ2n) is 3.65. The van der Waals surface area contributed by atoms with Gasteiger partial charge in [0.2, 0.25) is 0 Å². The number of aromatic nitrogens is 2. The standard InChI is InChI=1S/C9H12FN3O3/c10-7-5(3-14)4-16-8(7)13-2-1-6(11)12-9(13)15/h1-2,5,7-8,14H,3-4H2,(H2,11,12,15)/t5-,7+,8-/m0/s1. The first-order valence-electron chi connectivity index (χ1n) is 4.84. The molecule has 1 saturated heterocycles. The van der Waals surface area contributed by atoms with Crippen molar-refractivity contribution in [2.75, 3.05) is 18.9 Å². The summed E-state index contributed by atoms with van der Waals surface area (Å²) >= 11 is 0. The fraction of sp³-hybridized carbons (Fsp3) is 0.556. The molecule has 3 atom stereocenters. The van der Waals surface area contributed by atoms with Crippen molar-refractivity contribution in [3.05, 3.63) is 22.7 Å². The van der Waals surface area contributed by atoms with Crippen LogP contribution in [0, 0.1) is 5.92 Å². The molecule has 3 N–H and O–H groups in total. The topological polar surface area (TPSA) is 90.4 Å². The lowest BCUT2D eigenvalue weighted by molar-refractivity contribution is 0.0177. The van der Waals surface area contributed by atoms with Crippen LogP contribution in [-0.4, -0.2) is 34.0 Å². The van der Waals surface area contributed by atoms with Gasteiger partial charge < -0.3 is 15.6 Å². The van der Waals surface area contributed by atoms with Crippen LogP contribution in [-0.2, 0) is 4.74 Å². The molecule has 2 heterocycles. The summed E-state index contributed by atoms with van der Waals surface area (Å²) in [5.74, 6) is -0.525. The molecule has 16 heavy (non-hydrogen) atoms. The van der Waals surface area contributed by atoms with E-state index >= 15 is 0 Å². The molecular formula is C9H12FN3O3. The molecule has 2 rings (SSSR count). The number of nitrogens with two attached hydrogens (primary N) is 1. The Kier molecular flexibility index (Phi) is 2.88. The Morgan fingerprint density at radius 1 is 1.75 bits per heavy atom. The van der Waals surface area contributed by atoms with Gasteiger partial charge in [-0.05, 0) is 6.07 Å². The molecule has 88 valence electrons. The lowest BCUT2D eigenvalue weighted by atomic mass is 10.1. The number of aliphatic hydroxyl groups is 1. The van der Waals surface area contributed by atoms with Gasteiger partial charge in [0.15, 0.2) is 12.4 Å². The Morgan fingerprint density at radius 2 is 2.50 bits per heavy atom. The van der Waals surface area contributed by atoms with E-state index in [-0.39, 0.29) is 19.0 Å². The molecule has 7 heteroatoms. The van der Waals surface area contributed by atoms with E-state index in [4.69, 9.17) is 15.6 Å². The third-order valence-corrected chi connectivity index (χ3v) is 2.56. The number of rotatable bonds is 2. The summed E-state index contributed by atoms with van der Waals surface area (Å²) in [4.78, 5) is 14.9. The van der Waals surface area contributed by atoms with Gasteiger partial charge in [-0.3, -0.25) is 4.57 Å². The predicted octanol–water partition coefficient (Wildman–Crippen LogP) is -0.699. The quantitative estimate of drug-likeness (QED) is 0.700. The Bertz CT molecular complexity index is 436. The summed E-state index contributed by atoms with van der Waals surface area (Å²) in [6, 6.07) is 1.39. The van der Waals surface area contributed by atoms with E-state index in [9.17, 15) is 9.18 Å². The molecule has 0 radical (unpaired) electrons. The Balaban J connectivity index is 2.29. The van der Waals surface area contributed by atoms with Crippen LogP contribution in [0.5, 0.6) is 0 Å². The minimum Gasteiger partial charge on any atom is -0.396 e. The average molecular weight is 229 g/mol. The van der Waals surface area contributed by atoms with E-state index < -0.39 is 24.0 Å². The van der Waals surface area contributed by atoms with Crippen molar-refractivity contribution in [1.29, 1.82) is 0 Å². The van der Waals surface area contributed by atoms with Crippen LogP contribution >= 0.6 is 0 Å². The SMILES string of the molecule is Nc1ccn([C@H]2OC[C@H](CO)[C@H]2F)c(=O)n1. The Labute approximate surface area is 90.5 Å². The Morgan fingerprint density at radius 3 is 3.06 bits per heavy atom. The van der Waals surface area contributed by atoms with Crippen LogP contribution in [0.15, 0.2) is 17.1 Å². The van der Waals surface area contributed by atoms with Gasteiger partial charge in [0, 0.05) is 12.1 Å². The van der Waals surface area contributed by atoms with Crippen molar-refractivity contribution >= 4 is 5.82 Å². The third kappa shape index (κ3) is 1.79. The van der Waals surface area contributed by atoms with Crippen molar-refractivity contribution in [3.63, 3.8) is 0 Å². The van der Waals surface area contributed by atoms with E-state index in [1.807, 2.05) is 0 Å². The molecule has 0 saturated carbocycles. The number of hydrogen-bond donors (Lipinski definition) is 2. The summed E-state index contributed by atoms with van der Waals surface area (Å²) < 4.78 is 19.9. The van der Waals surface area contributed by atoms with Crippen molar-refractivity contribution < 1.29 is 14.2 Å². The minimum atomic E-state index is -1.42. The normalized spacial score (nSPS) is 29.5. The molecule has 0 bridgehead atoms. The first-order chi connectivity index (χ1) is 7.63. The highest BCUT2D eigenvalue weighted by atomic mass is 19.1. The van der Waals surface area contributed by atoms with Gasteiger partial charge in [0.25, 0.3) is 0 Å². The second kappa shape index (κ2) is 4.18. The Hall–Kier alpha value is -1.47. The van der Waals surface area contributed by atoms with Crippen molar-refractivity contribution in [2.24, 2.45) is 5.92 Å². The van der Waals surface area contributed by atoms with Crippen LogP contribution in [0.4, 0.5) is 10.2 Å². The number of halogens is 1. The van der Waals surface area contributed by atoms with E-state index in [0.717, 1.165) is 4.57 Å². The number of hydrogen-bond acceptors (Lipinski definition) is 5. The van der Waals surface area contributed by atoms with Crippen LogP contribution in [0.1, 0.15) is 6.23 Å². The number of nitrogens with zero attached hydrogens (tertiary/aromatic N) is 2. The molecule has 1 aromatic heterocycles. The van der Waals surface area contributed by atoms with Gasteiger partial charge in [-0.1, -0.05) is 0 Å². The number of alkyl halides is 1. The molecule has 1 aliphatic heterocycles. The number of anilines is 1. The van der Waals surface area contributed by atoms with E-state index in [1.54, 1.807) is 0 Å². The fourth-order valence-electron chi connectivity index (χ4n) is 1.65. The highest BCUT2D eigenvalue weighted by Gasteiger charge is 2.38. The van der Waals surface area contributed by atoms with E-state index in [2.05, 4.69) is 4.98 Å². The molecule has 1 fully saturated rings. The largest absolute Gasteiger partial charge is 0.396 e. The molecule has 0 amide bonds. The molecule has 0 aromatic carbocycles. The first kappa shape index (κ1) is 11.0. The summed E-state index contributed by atoms with van der Waals surface area (Å²) in [7, 11) is 0.